The maximum absolute atomic E-state index is 12.3. The number of phosphoric ester groups is 1. The molecule has 0 aliphatic heterocycles. The lowest BCUT2D eigenvalue weighted by Gasteiger charge is -2.14. The van der Waals surface area contributed by atoms with Crippen molar-refractivity contribution in [1.82, 2.24) is 0 Å². The summed E-state index contributed by atoms with van der Waals surface area (Å²) in [7, 11) is -2.34. The fourth-order valence-electron chi connectivity index (χ4n) is 3.66. The molecule has 0 bridgehead atoms. The van der Waals surface area contributed by atoms with E-state index in [2.05, 4.69) is 6.92 Å². The monoisotopic (exact) mass is 470 g/mol. The molecule has 0 fully saturated rings. The van der Waals surface area contributed by atoms with Crippen molar-refractivity contribution < 1.29 is 23.2 Å². The maximum Gasteiger partial charge on any atom is 0.501 e. The Labute approximate surface area is 197 Å². The number of benzene rings is 1. The number of hydrogen-bond acceptors (Lipinski definition) is 5. The first-order valence-corrected chi connectivity index (χ1v) is 14.3. The lowest BCUT2D eigenvalue weighted by Crippen LogP contribution is -2.01. The Kier molecular flexibility index (Phi) is 19.1. The van der Waals surface area contributed by atoms with Gasteiger partial charge < -0.3 is 0 Å². The molecule has 1 atom stereocenters. The first kappa shape index (κ1) is 29.3. The summed E-state index contributed by atoms with van der Waals surface area (Å²) in [6.45, 7) is 2.81. The minimum Gasteiger partial charge on any atom is -0.289 e. The van der Waals surface area contributed by atoms with Crippen molar-refractivity contribution in [3.8, 4) is 0 Å². The smallest absolute Gasteiger partial charge is 0.289 e. The van der Waals surface area contributed by atoms with Gasteiger partial charge in [0, 0.05) is 7.11 Å². The molecule has 0 radical (unpaired) electrons. The summed E-state index contributed by atoms with van der Waals surface area (Å²) in [5.41, 5.74) is 0.924. The Morgan fingerprint density at radius 2 is 1.16 bits per heavy atom. The Balaban J connectivity index is 1.87. The fourth-order valence-corrected chi connectivity index (χ4v) is 4.41. The van der Waals surface area contributed by atoms with Crippen LogP contribution in [0.25, 0.3) is 0 Å². The van der Waals surface area contributed by atoms with E-state index in [1.165, 1.54) is 97.0 Å². The predicted molar refractivity (Wildman–Crippen MR) is 132 cm³/mol. The van der Waals surface area contributed by atoms with E-state index >= 15 is 0 Å². The van der Waals surface area contributed by atoms with Gasteiger partial charge in [0.1, 0.15) is 6.61 Å². The molecule has 32 heavy (non-hydrogen) atoms. The van der Waals surface area contributed by atoms with Gasteiger partial charge in [-0.2, -0.15) is 0 Å². The summed E-state index contributed by atoms with van der Waals surface area (Å²) >= 11 is 0. The highest BCUT2D eigenvalue weighted by Gasteiger charge is 2.26. The lowest BCUT2D eigenvalue weighted by molar-refractivity contribution is -0.235. The summed E-state index contributed by atoms with van der Waals surface area (Å²) in [5.74, 6) is 0. The van der Waals surface area contributed by atoms with Crippen LogP contribution in [0.3, 0.4) is 0 Å². The largest absolute Gasteiger partial charge is 0.501 e. The zero-order valence-electron chi connectivity index (χ0n) is 20.6. The fraction of sp³-hybridized carbons (Fsp3) is 0.769. The van der Waals surface area contributed by atoms with E-state index in [0.717, 1.165) is 18.4 Å². The average molecular weight is 471 g/mol. The van der Waals surface area contributed by atoms with Crippen LogP contribution in [0.15, 0.2) is 30.3 Å². The third-order valence-corrected chi connectivity index (χ3v) is 6.92. The normalized spacial score (nSPS) is 13.3. The molecule has 0 aromatic heterocycles. The molecule has 1 rings (SSSR count). The molecule has 0 aliphatic carbocycles. The van der Waals surface area contributed by atoms with E-state index in [1.54, 1.807) is 0 Å². The van der Waals surface area contributed by atoms with E-state index < -0.39 is 7.82 Å². The van der Waals surface area contributed by atoms with Gasteiger partial charge in [-0.15, -0.1) is 4.67 Å². The zero-order valence-corrected chi connectivity index (χ0v) is 21.5. The number of rotatable bonds is 23. The highest BCUT2D eigenvalue weighted by atomic mass is 31.2. The van der Waals surface area contributed by atoms with Crippen molar-refractivity contribution in [2.45, 2.75) is 116 Å². The van der Waals surface area contributed by atoms with E-state index in [4.69, 9.17) is 18.6 Å². The minimum atomic E-state index is -3.65. The zero-order chi connectivity index (χ0) is 23.2. The topological polar surface area (TPSA) is 54.0 Å². The van der Waals surface area contributed by atoms with Crippen LogP contribution in [-0.4, -0.2) is 13.7 Å². The molecule has 0 aliphatic rings. The quantitative estimate of drug-likeness (QED) is 0.0690. The van der Waals surface area contributed by atoms with Crippen molar-refractivity contribution in [1.29, 1.82) is 0 Å². The van der Waals surface area contributed by atoms with E-state index in [9.17, 15) is 4.57 Å². The molecule has 0 amide bonds. The van der Waals surface area contributed by atoms with Crippen LogP contribution in [0.4, 0.5) is 0 Å². The Morgan fingerprint density at radius 1 is 0.688 bits per heavy atom. The maximum atomic E-state index is 12.3. The van der Waals surface area contributed by atoms with Gasteiger partial charge in [-0.25, -0.2) is 9.45 Å². The van der Waals surface area contributed by atoms with Gasteiger partial charge in [-0.1, -0.05) is 134 Å². The number of unbranched alkanes of at least 4 members (excludes halogenated alkanes) is 15. The molecule has 6 heteroatoms. The first-order chi connectivity index (χ1) is 15.7. The van der Waals surface area contributed by atoms with Crippen LogP contribution >= 0.6 is 7.82 Å². The van der Waals surface area contributed by atoms with Gasteiger partial charge in [0.15, 0.2) is 0 Å². The second-order valence-corrected chi connectivity index (χ2v) is 10.3. The SMILES string of the molecule is CCCCCCCCCCCCCCCCCCOP(=O)(OC)OOCc1ccccc1. The molecule has 0 saturated heterocycles. The van der Waals surface area contributed by atoms with Crippen LogP contribution in [0, 0.1) is 0 Å². The van der Waals surface area contributed by atoms with E-state index in [0.29, 0.717) is 6.61 Å². The van der Waals surface area contributed by atoms with Crippen LogP contribution in [-0.2, 0) is 29.8 Å². The van der Waals surface area contributed by atoms with Crippen LogP contribution < -0.4 is 0 Å². The molecule has 1 unspecified atom stereocenters. The summed E-state index contributed by atoms with van der Waals surface area (Å²) in [5, 5.41) is 0. The molecule has 1 aromatic rings. The summed E-state index contributed by atoms with van der Waals surface area (Å²) < 4.78 is 27.5. The van der Waals surface area contributed by atoms with E-state index in [1.807, 2.05) is 30.3 Å². The Morgan fingerprint density at radius 3 is 1.62 bits per heavy atom. The number of phosphoric acid groups is 1. The van der Waals surface area contributed by atoms with Gasteiger partial charge in [-0.05, 0) is 12.0 Å². The van der Waals surface area contributed by atoms with E-state index in [-0.39, 0.29) is 6.61 Å². The average Bonchev–Trinajstić information content (AvgIpc) is 2.82. The molecule has 186 valence electrons. The Bertz CT molecular complexity index is 567. The molecule has 5 nitrogen and oxygen atoms in total. The van der Waals surface area contributed by atoms with Gasteiger partial charge >= 0.3 is 7.82 Å². The third-order valence-electron chi connectivity index (χ3n) is 5.68. The van der Waals surface area contributed by atoms with Crippen molar-refractivity contribution in [2.75, 3.05) is 13.7 Å². The van der Waals surface area contributed by atoms with Gasteiger partial charge in [0.05, 0.1) is 6.61 Å². The van der Waals surface area contributed by atoms with Crippen LogP contribution in [0.5, 0.6) is 0 Å². The molecular formula is C26H47O5P. The van der Waals surface area contributed by atoms with Crippen molar-refractivity contribution in [2.24, 2.45) is 0 Å². The standard InChI is InChI=1S/C26H47O5P/c1-3-4-5-6-7-8-9-10-11-12-13-14-15-16-17-21-24-30-32(27,28-2)31-29-25-26-22-19-18-20-23-26/h18-20,22-23H,3-17,21,24-25H2,1-2H3. The molecule has 0 heterocycles. The summed E-state index contributed by atoms with van der Waals surface area (Å²) in [4.78, 5) is 5.05. The Hall–Kier alpha value is -0.710. The highest BCUT2D eigenvalue weighted by molar-refractivity contribution is 7.48. The number of hydrogen-bond donors (Lipinski definition) is 0. The molecule has 0 spiro atoms. The van der Waals surface area contributed by atoms with Gasteiger partial charge in [-0.3, -0.25) is 9.05 Å². The van der Waals surface area contributed by atoms with Crippen molar-refractivity contribution in [3.63, 3.8) is 0 Å². The van der Waals surface area contributed by atoms with Gasteiger partial charge in [0.2, 0.25) is 0 Å². The first-order valence-electron chi connectivity index (χ1n) is 12.9. The van der Waals surface area contributed by atoms with Gasteiger partial charge in [0.25, 0.3) is 0 Å². The summed E-state index contributed by atoms with van der Waals surface area (Å²) in [6.07, 6.45) is 21.0. The van der Waals surface area contributed by atoms with Crippen LogP contribution in [0.1, 0.15) is 115 Å². The molecular weight excluding hydrogens is 423 g/mol. The van der Waals surface area contributed by atoms with Crippen molar-refractivity contribution in [3.05, 3.63) is 35.9 Å². The lowest BCUT2D eigenvalue weighted by atomic mass is 10.0. The molecule has 0 saturated carbocycles. The predicted octanol–water partition coefficient (Wildman–Crippen LogP) is 9.17. The minimum absolute atomic E-state index is 0.191. The van der Waals surface area contributed by atoms with Crippen molar-refractivity contribution >= 4 is 7.82 Å². The highest BCUT2D eigenvalue weighted by Crippen LogP contribution is 2.49. The summed E-state index contributed by atoms with van der Waals surface area (Å²) in [6, 6.07) is 9.53. The second-order valence-electron chi connectivity index (χ2n) is 8.59. The molecule has 0 N–H and O–H groups in total. The molecule has 1 aromatic carbocycles. The van der Waals surface area contributed by atoms with Crippen LogP contribution in [0.2, 0.25) is 0 Å². The third kappa shape index (κ3) is 16.9. The second kappa shape index (κ2) is 20.9.